The monoisotopic (exact) mass is 353 g/mol. The topological polar surface area (TPSA) is 55.4 Å². The summed E-state index contributed by atoms with van der Waals surface area (Å²) in [5.41, 5.74) is 3.26. The Hall–Kier alpha value is -2.79. The first-order valence-corrected chi connectivity index (χ1v) is 9.31. The van der Waals surface area contributed by atoms with E-state index in [-0.39, 0.29) is 4.90 Å². The summed E-state index contributed by atoms with van der Waals surface area (Å²) in [5.74, 6) is 0.751. The van der Waals surface area contributed by atoms with Gasteiger partial charge < -0.3 is 4.74 Å². The SMILES string of the molecule is COc1ccc(-c2ccccc2NS(=O)(=O)c2ccc(C)cc2)cc1. The van der Waals surface area contributed by atoms with Gasteiger partial charge in [0.15, 0.2) is 0 Å². The van der Waals surface area contributed by atoms with Gasteiger partial charge in [-0.25, -0.2) is 8.42 Å². The summed E-state index contributed by atoms with van der Waals surface area (Å²) in [5, 5.41) is 0. The predicted octanol–water partition coefficient (Wildman–Crippen LogP) is 4.47. The molecule has 3 aromatic carbocycles. The van der Waals surface area contributed by atoms with E-state index in [1.807, 2.05) is 43.3 Å². The number of rotatable bonds is 5. The van der Waals surface area contributed by atoms with E-state index in [2.05, 4.69) is 4.72 Å². The molecule has 3 rings (SSSR count). The molecule has 0 amide bonds. The number of anilines is 1. The molecule has 0 heterocycles. The lowest BCUT2D eigenvalue weighted by Crippen LogP contribution is -2.13. The first kappa shape index (κ1) is 17.0. The number of ether oxygens (including phenoxy) is 1. The first-order valence-electron chi connectivity index (χ1n) is 7.82. The zero-order valence-electron chi connectivity index (χ0n) is 14.1. The van der Waals surface area contributed by atoms with Gasteiger partial charge in [0.05, 0.1) is 17.7 Å². The van der Waals surface area contributed by atoms with Gasteiger partial charge in [-0.15, -0.1) is 0 Å². The average molecular weight is 353 g/mol. The van der Waals surface area contributed by atoms with Crippen LogP contribution in [0.5, 0.6) is 5.75 Å². The maximum Gasteiger partial charge on any atom is 0.261 e. The normalized spacial score (nSPS) is 11.1. The van der Waals surface area contributed by atoms with E-state index < -0.39 is 10.0 Å². The minimum atomic E-state index is -3.65. The lowest BCUT2D eigenvalue weighted by Gasteiger charge is -2.13. The van der Waals surface area contributed by atoms with Gasteiger partial charge in [0, 0.05) is 5.56 Å². The van der Waals surface area contributed by atoms with Crippen molar-refractivity contribution in [2.45, 2.75) is 11.8 Å². The van der Waals surface area contributed by atoms with Crippen LogP contribution in [-0.4, -0.2) is 15.5 Å². The highest BCUT2D eigenvalue weighted by molar-refractivity contribution is 7.92. The molecule has 0 radical (unpaired) electrons. The average Bonchev–Trinajstić information content (AvgIpc) is 2.62. The summed E-state index contributed by atoms with van der Waals surface area (Å²) in [4.78, 5) is 0.239. The zero-order chi connectivity index (χ0) is 17.9. The van der Waals surface area contributed by atoms with Gasteiger partial charge in [0.1, 0.15) is 5.75 Å². The second-order valence-electron chi connectivity index (χ2n) is 5.69. The molecule has 1 N–H and O–H groups in total. The molecule has 5 heteroatoms. The van der Waals surface area contributed by atoms with Gasteiger partial charge >= 0.3 is 0 Å². The molecule has 0 saturated heterocycles. The molecule has 3 aromatic rings. The standard InChI is InChI=1S/C20H19NO3S/c1-15-7-13-18(14-8-15)25(22,23)21-20-6-4-3-5-19(20)16-9-11-17(24-2)12-10-16/h3-14,21H,1-2H3. The number of hydrogen-bond acceptors (Lipinski definition) is 3. The number of aryl methyl sites for hydroxylation is 1. The van der Waals surface area contributed by atoms with Gasteiger partial charge in [-0.2, -0.15) is 0 Å². The van der Waals surface area contributed by atoms with Crippen LogP contribution in [0.15, 0.2) is 77.7 Å². The molecule has 0 spiro atoms. The summed E-state index contributed by atoms with van der Waals surface area (Å²) >= 11 is 0. The van der Waals surface area contributed by atoms with Crippen molar-refractivity contribution in [3.8, 4) is 16.9 Å². The van der Waals surface area contributed by atoms with E-state index in [1.165, 1.54) is 0 Å². The number of methoxy groups -OCH3 is 1. The summed E-state index contributed by atoms with van der Waals surface area (Å²) < 4.78 is 33.2. The quantitative estimate of drug-likeness (QED) is 0.736. The van der Waals surface area contributed by atoms with Crippen LogP contribution in [0.3, 0.4) is 0 Å². The third-order valence-electron chi connectivity index (χ3n) is 3.90. The molecule has 0 aliphatic heterocycles. The Morgan fingerprint density at radius 3 is 2.12 bits per heavy atom. The third kappa shape index (κ3) is 3.83. The van der Waals surface area contributed by atoms with E-state index in [0.717, 1.165) is 22.4 Å². The maximum atomic E-state index is 12.7. The van der Waals surface area contributed by atoms with Crippen LogP contribution in [0.2, 0.25) is 0 Å². The molecule has 0 fully saturated rings. The third-order valence-corrected chi connectivity index (χ3v) is 5.29. The van der Waals surface area contributed by atoms with Crippen molar-refractivity contribution in [3.05, 3.63) is 78.4 Å². The molecular formula is C20H19NO3S. The molecule has 4 nitrogen and oxygen atoms in total. The smallest absolute Gasteiger partial charge is 0.261 e. The number of hydrogen-bond donors (Lipinski definition) is 1. The highest BCUT2D eigenvalue weighted by Crippen LogP contribution is 2.30. The molecule has 0 saturated carbocycles. The van der Waals surface area contributed by atoms with Gasteiger partial charge in [0.25, 0.3) is 10.0 Å². The zero-order valence-corrected chi connectivity index (χ0v) is 14.9. The second-order valence-corrected chi connectivity index (χ2v) is 7.38. The predicted molar refractivity (Wildman–Crippen MR) is 100 cm³/mol. The van der Waals surface area contributed by atoms with Crippen molar-refractivity contribution in [2.24, 2.45) is 0 Å². The lowest BCUT2D eigenvalue weighted by atomic mass is 10.0. The fourth-order valence-corrected chi connectivity index (χ4v) is 3.60. The second kappa shape index (κ2) is 6.99. The largest absolute Gasteiger partial charge is 0.497 e. The van der Waals surface area contributed by atoms with Crippen LogP contribution in [0.25, 0.3) is 11.1 Å². The van der Waals surface area contributed by atoms with Gasteiger partial charge in [-0.1, -0.05) is 48.0 Å². The van der Waals surface area contributed by atoms with E-state index in [1.54, 1.807) is 43.5 Å². The molecule has 0 aromatic heterocycles. The van der Waals surface area contributed by atoms with Crippen LogP contribution in [-0.2, 0) is 10.0 Å². The van der Waals surface area contributed by atoms with E-state index in [4.69, 9.17) is 4.74 Å². The molecule has 0 bridgehead atoms. The number of benzene rings is 3. The van der Waals surface area contributed by atoms with Crippen LogP contribution in [0, 0.1) is 6.92 Å². The van der Waals surface area contributed by atoms with Gasteiger partial charge in [0.2, 0.25) is 0 Å². The van der Waals surface area contributed by atoms with Gasteiger partial charge in [-0.05, 0) is 42.8 Å². The Morgan fingerprint density at radius 2 is 1.48 bits per heavy atom. The number of nitrogens with one attached hydrogen (secondary N) is 1. The van der Waals surface area contributed by atoms with Crippen molar-refractivity contribution in [1.82, 2.24) is 0 Å². The van der Waals surface area contributed by atoms with Gasteiger partial charge in [-0.3, -0.25) is 4.72 Å². The van der Waals surface area contributed by atoms with Crippen molar-refractivity contribution in [2.75, 3.05) is 11.8 Å². The Kier molecular flexibility index (Phi) is 4.76. The van der Waals surface area contributed by atoms with Crippen LogP contribution in [0.4, 0.5) is 5.69 Å². The molecule has 0 unspecified atom stereocenters. The summed E-state index contributed by atoms with van der Waals surface area (Å²) in [7, 11) is -2.04. The molecule has 0 atom stereocenters. The lowest BCUT2D eigenvalue weighted by molar-refractivity contribution is 0.415. The Balaban J connectivity index is 1.96. The first-order chi connectivity index (χ1) is 12.0. The highest BCUT2D eigenvalue weighted by Gasteiger charge is 2.16. The van der Waals surface area contributed by atoms with Crippen LogP contribution in [0.1, 0.15) is 5.56 Å². The Bertz CT molecular complexity index is 963. The molecule has 25 heavy (non-hydrogen) atoms. The maximum absolute atomic E-state index is 12.7. The van der Waals surface area contributed by atoms with E-state index in [9.17, 15) is 8.42 Å². The minimum absolute atomic E-state index is 0.239. The van der Waals surface area contributed by atoms with E-state index >= 15 is 0 Å². The number of para-hydroxylation sites is 1. The molecule has 0 aliphatic rings. The molecule has 0 aliphatic carbocycles. The van der Waals surface area contributed by atoms with E-state index in [0.29, 0.717) is 5.69 Å². The van der Waals surface area contributed by atoms with Crippen molar-refractivity contribution < 1.29 is 13.2 Å². The van der Waals surface area contributed by atoms with Crippen molar-refractivity contribution in [1.29, 1.82) is 0 Å². The summed E-state index contributed by atoms with van der Waals surface area (Å²) in [6.45, 7) is 1.92. The Morgan fingerprint density at radius 1 is 0.840 bits per heavy atom. The van der Waals surface area contributed by atoms with Crippen LogP contribution >= 0.6 is 0 Å². The number of sulfonamides is 1. The minimum Gasteiger partial charge on any atom is -0.497 e. The fourth-order valence-electron chi connectivity index (χ4n) is 2.52. The fraction of sp³-hybridized carbons (Fsp3) is 0.100. The molecular weight excluding hydrogens is 334 g/mol. The van der Waals surface area contributed by atoms with Crippen LogP contribution < -0.4 is 9.46 Å². The van der Waals surface area contributed by atoms with Crippen molar-refractivity contribution >= 4 is 15.7 Å². The molecule has 128 valence electrons. The summed E-state index contributed by atoms with van der Waals surface area (Å²) in [6.07, 6.45) is 0. The Labute approximate surface area is 148 Å². The van der Waals surface area contributed by atoms with Crippen molar-refractivity contribution in [3.63, 3.8) is 0 Å². The highest BCUT2D eigenvalue weighted by atomic mass is 32.2. The summed E-state index contributed by atoms with van der Waals surface area (Å²) in [6, 6.07) is 21.6.